The Bertz CT molecular complexity index is 188. The van der Waals surface area contributed by atoms with E-state index in [2.05, 4.69) is 23.5 Å². The first-order valence-electron chi connectivity index (χ1n) is 3.48. The summed E-state index contributed by atoms with van der Waals surface area (Å²) in [4.78, 5) is 0. The fourth-order valence-corrected chi connectivity index (χ4v) is 1.15. The predicted octanol–water partition coefficient (Wildman–Crippen LogP) is 3.07. The van der Waals surface area contributed by atoms with Gasteiger partial charge >= 0.3 is 43.7 Å². The summed E-state index contributed by atoms with van der Waals surface area (Å²) in [6.07, 6.45) is 9.72. The van der Waals surface area contributed by atoms with Crippen molar-refractivity contribution in [3.05, 3.63) is 30.3 Å². The van der Waals surface area contributed by atoms with E-state index in [0.717, 1.165) is 0 Å². The second-order valence-corrected chi connectivity index (χ2v) is 13.7. The van der Waals surface area contributed by atoms with Crippen LogP contribution in [0.25, 0.3) is 0 Å². The van der Waals surface area contributed by atoms with Gasteiger partial charge in [-0.15, -0.1) is 6.20 Å². The van der Waals surface area contributed by atoms with Crippen LogP contribution in [0.1, 0.15) is 6.42 Å². The van der Waals surface area contributed by atoms with Crippen LogP contribution in [0.2, 0.25) is 0 Å². The summed E-state index contributed by atoms with van der Waals surface area (Å²) < 4.78 is 0. The van der Waals surface area contributed by atoms with Gasteiger partial charge in [0.1, 0.15) is 0 Å². The van der Waals surface area contributed by atoms with E-state index < -0.39 is 18.2 Å². The Labute approximate surface area is 91.1 Å². The molecule has 0 fully saturated rings. The first-order valence-corrected chi connectivity index (χ1v) is 13.0. The van der Waals surface area contributed by atoms with E-state index in [0.29, 0.717) is 6.04 Å². The van der Waals surface area contributed by atoms with Crippen molar-refractivity contribution in [2.24, 2.45) is 0 Å². The zero-order valence-electron chi connectivity index (χ0n) is 6.23. The Hall–Kier alpha value is 0.903. The molecule has 1 heterocycles. The molecule has 0 aromatic heterocycles. The van der Waals surface area contributed by atoms with Crippen molar-refractivity contribution in [2.75, 3.05) is 0 Å². The van der Waals surface area contributed by atoms with Gasteiger partial charge in [-0.3, -0.25) is 0 Å². The van der Waals surface area contributed by atoms with Crippen molar-refractivity contribution in [1.82, 2.24) is 5.32 Å². The van der Waals surface area contributed by atoms with E-state index in [-0.39, 0.29) is 0 Å². The summed E-state index contributed by atoms with van der Waals surface area (Å²) in [6, 6.07) is 0.606. The molecule has 1 N–H and O–H groups in total. The van der Waals surface area contributed by atoms with Gasteiger partial charge < -0.3 is 5.32 Å². The Morgan fingerprint density at radius 1 is 1.33 bits per heavy atom. The molecule has 2 bridgehead atoms. The van der Waals surface area contributed by atoms with E-state index in [1.165, 1.54) is 12.3 Å². The van der Waals surface area contributed by atoms with Crippen LogP contribution in [0.4, 0.5) is 0 Å². The summed E-state index contributed by atoms with van der Waals surface area (Å²) in [7, 11) is 15.0. The van der Waals surface area contributed by atoms with Crippen LogP contribution in [-0.4, -0.2) is 6.04 Å². The maximum atomic E-state index is 5.00. The Balaban J connectivity index is 0.000000157. The van der Waals surface area contributed by atoms with Gasteiger partial charge in [-0.1, -0.05) is 6.42 Å². The van der Waals surface area contributed by atoms with E-state index in [1.54, 1.807) is 0 Å². The topological polar surface area (TPSA) is 12.0 Å². The standard InChI is InChI=1S/C7H8N.3ClH.Zr/c1-2-7-5-6(1)3-4-8-7;;;;/h1-4,7-8H,5H2;3*1H;/q-1;;;;+3/p-3. The van der Waals surface area contributed by atoms with Crippen LogP contribution in [0.5, 0.6) is 0 Å². The van der Waals surface area contributed by atoms with Crippen LogP contribution in [-0.2, 0) is 18.2 Å². The van der Waals surface area contributed by atoms with Gasteiger partial charge in [0.05, 0.1) is 0 Å². The molecule has 1 unspecified atom stereocenters. The quantitative estimate of drug-likeness (QED) is 0.678. The molecule has 1 nitrogen and oxygen atoms in total. The molecular weight excluding hydrogens is 296 g/mol. The molecule has 0 aromatic rings. The van der Waals surface area contributed by atoms with Crippen molar-refractivity contribution in [1.29, 1.82) is 0 Å². The monoisotopic (exact) mass is 301 g/mol. The Morgan fingerprint density at radius 2 is 2.00 bits per heavy atom. The SMILES string of the molecule is C1=C[C-]2C=CC(C2)N1.[Cl][Zr]([Cl])[Cl]. The normalized spacial score (nSPS) is 22.9. The molecule has 0 saturated heterocycles. The molecule has 0 spiro atoms. The van der Waals surface area contributed by atoms with Gasteiger partial charge in [-0.2, -0.15) is 24.1 Å². The summed E-state index contributed by atoms with van der Waals surface area (Å²) in [6.45, 7) is 0. The van der Waals surface area contributed by atoms with E-state index >= 15 is 0 Å². The fourth-order valence-electron chi connectivity index (χ4n) is 1.15. The van der Waals surface area contributed by atoms with Crippen LogP contribution < -0.4 is 5.32 Å². The molecule has 67 valence electrons. The summed E-state index contributed by atoms with van der Waals surface area (Å²) >= 11 is -2.13. The second kappa shape index (κ2) is 5.59. The average Bonchev–Trinajstić information content (AvgIpc) is 2.30. The van der Waals surface area contributed by atoms with Crippen molar-refractivity contribution in [3.8, 4) is 0 Å². The minimum atomic E-state index is -2.13. The third-order valence-corrected chi connectivity index (χ3v) is 1.61. The molecule has 12 heavy (non-hydrogen) atoms. The van der Waals surface area contributed by atoms with Gasteiger partial charge in [0.25, 0.3) is 0 Å². The molecule has 1 aliphatic carbocycles. The molecular formula is C7H8Cl3NZr-. The number of hydrogen-bond acceptors (Lipinski definition) is 1. The van der Waals surface area contributed by atoms with Crippen molar-refractivity contribution in [3.63, 3.8) is 0 Å². The number of rotatable bonds is 0. The molecule has 1 aliphatic heterocycles. The molecule has 2 aliphatic rings. The Kier molecular flexibility index (Phi) is 5.12. The van der Waals surface area contributed by atoms with Gasteiger partial charge in [0.15, 0.2) is 0 Å². The van der Waals surface area contributed by atoms with E-state index in [9.17, 15) is 0 Å². The predicted molar refractivity (Wildman–Crippen MR) is 50.6 cm³/mol. The van der Waals surface area contributed by atoms with Crippen LogP contribution in [0.3, 0.4) is 0 Å². The second-order valence-electron chi connectivity index (χ2n) is 2.46. The molecule has 1 atom stereocenters. The number of halogens is 3. The first-order chi connectivity index (χ1) is 5.68. The average molecular weight is 304 g/mol. The van der Waals surface area contributed by atoms with Gasteiger partial charge in [0.2, 0.25) is 0 Å². The number of allylic oxidation sites excluding steroid dienone is 2. The van der Waals surface area contributed by atoms with E-state index in [1.807, 2.05) is 6.20 Å². The van der Waals surface area contributed by atoms with Gasteiger partial charge in [-0.25, -0.2) is 0 Å². The van der Waals surface area contributed by atoms with Crippen LogP contribution in [0, 0.1) is 5.92 Å². The molecule has 0 amide bonds. The molecule has 2 rings (SSSR count). The van der Waals surface area contributed by atoms with Gasteiger partial charge in [-0.05, 0) is 6.04 Å². The Morgan fingerprint density at radius 3 is 2.50 bits per heavy atom. The number of hydrogen-bond donors (Lipinski definition) is 1. The summed E-state index contributed by atoms with van der Waals surface area (Å²) in [5.74, 6) is 1.45. The zero-order valence-corrected chi connectivity index (χ0v) is 11.0. The molecule has 0 aromatic carbocycles. The van der Waals surface area contributed by atoms with E-state index in [4.69, 9.17) is 25.5 Å². The van der Waals surface area contributed by atoms with Crippen LogP contribution >= 0.6 is 25.5 Å². The van der Waals surface area contributed by atoms with Crippen molar-refractivity contribution >= 4 is 25.5 Å². The molecule has 0 saturated carbocycles. The number of nitrogens with one attached hydrogen (secondary N) is 1. The zero-order chi connectivity index (χ0) is 8.97. The minimum absolute atomic E-state index is 0.606. The molecule has 5 heteroatoms. The third kappa shape index (κ3) is 4.23. The van der Waals surface area contributed by atoms with Crippen molar-refractivity contribution in [2.45, 2.75) is 12.5 Å². The molecule has 0 radical (unpaired) electrons. The third-order valence-electron chi connectivity index (χ3n) is 1.61. The fraction of sp³-hybridized carbons (Fsp3) is 0.286. The first kappa shape index (κ1) is 11.0. The van der Waals surface area contributed by atoms with Gasteiger partial charge in [0, 0.05) is 0 Å². The van der Waals surface area contributed by atoms with Crippen molar-refractivity contribution < 1.29 is 18.2 Å². The maximum absolute atomic E-state index is 5.00. The number of fused-ring (bicyclic) bond motifs is 2. The summed E-state index contributed by atoms with van der Waals surface area (Å²) in [5, 5.41) is 3.22. The summed E-state index contributed by atoms with van der Waals surface area (Å²) in [5.41, 5.74) is 0. The van der Waals surface area contributed by atoms with Crippen LogP contribution in [0.15, 0.2) is 24.4 Å².